The fraction of sp³-hybridized carbons (Fsp3) is 0.267. The minimum atomic E-state index is -4.41. The lowest BCUT2D eigenvalue weighted by molar-refractivity contribution is -0.137. The molecule has 0 spiro atoms. The maximum Gasteiger partial charge on any atom is 0.416 e. The van der Waals surface area contributed by atoms with Crippen LogP contribution < -0.4 is 10.1 Å². The molecule has 1 N–H and O–H groups in total. The van der Waals surface area contributed by atoms with E-state index in [4.69, 9.17) is 4.74 Å². The van der Waals surface area contributed by atoms with Crippen molar-refractivity contribution in [2.45, 2.75) is 51.3 Å². The monoisotopic (exact) mass is 551 g/mol. The van der Waals surface area contributed by atoms with Gasteiger partial charge in [-0.05, 0) is 47.7 Å². The zero-order valence-electron chi connectivity index (χ0n) is 21.2. The van der Waals surface area contributed by atoms with Crippen LogP contribution in [0, 0.1) is 0 Å². The Morgan fingerprint density at radius 1 is 0.923 bits per heavy atom. The normalized spacial score (nSPS) is 13.4. The summed E-state index contributed by atoms with van der Waals surface area (Å²) in [5, 5.41) is 5.39. The number of amides is 1. The van der Waals surface area contributed by atoms with Crippen molar-refractivity contribution in [3.8, 4) is 5.75 Å². The molecule has 1 aliphatic rings. The van der Waals surface area contributed by atoms with Crippen LogP contribution >= 0.6 is 11.3 Å². The van der Waals surface area contributed by atoms with E-state index in [1.165, 1.54) is 23.5 Å². The molecule has 5 rings (SSSR count). The van der Waals surface area contributed by atoms with Crippen LogP contribution in [0.15, 0.2) is 84.2 Å². The highest BCUT2D eigenvalue weighted by molar-refractivity contribution is 7.09. The van der Waals surface area contributed by atoms with E-state index in [0.29, 0.717) is 37.5 Å². The molecule has 0 unspecified atom stereocenters. The lowest BCUT2D eigenvalue weighted by Gasteiger charge is -2.22. The number of thiazole rings is 1. The molecule has 3 aromatic carbocycles. The Kier molecular flexibility index (Phi) is 8.28. The standard InChI is InChI=1S/C30H28F3N3O2S/c31-30(32,33)24-8-4-7-23(15-24)17-36(18-28-35-27(20-39-28)29(37)34-25-11-12-25)16-21-9-13-26(14-10-21)38-19-22-5-2-1-3-6-22/h1-10,13-15,20,25H,11-12,16-19H2,(H,34,37). The molecule has 1 aliphatic carbocycles. The average Bonchev–Trinajstić information content (AvgIpc) is 3.62. The van der Waals surface area contributed by atoms with E-state index in [9.17, 15) is 18.0 Å². The van der Waals surface area contributed by atoms with Crippen molar-refractivity contribution in [1.29, 1.82) is 0 Å². The van der Waals surface area contributed by atoms with Gasteiger partial charge < -0.3 is 10.1 Å². The summed E-state index contributed by atoms with van der Waals surface area (Å²) in [6, 6.07) is 23.2. The van der Waals surface area contributed by atoms with Crippen LogP contribution in [0.2, 0.25) is 0 Å². The summed E-state index contributed by atoms with van der Waals surface area (Å²) in [4.78, 5) is 18.9. The van der Waals surface area contributed by atoms with Gasteiger partial charge in [-0.2, -0.15) is 13.2 Å². The maximum atomic E-state index is 13.3. The molecule has 1 heterocycles. The highest BCUT2D eigenvalue weighted by atomic mass is 32.1. The average molecular weight is 552 g/mol. The van der Waals surface area contributed by atoms with Crippen molar-refractivity contribution in [2.24, 2.45) is 0 Å². The first-order chi connectivity index (χ1) is 18.8. The molecule has 0 radical (unpaired) electrons. The summed E-state index contributed by atoms with van der Waals surface area (Å²) in [7, 11) is 0. The molecule has 1 amide bonds. The molecule has 9 heteroatoms. The van der Waals surface area contributed by atoms with Gasteiger partial charge in [0.15, 0.2) is 0 Å². The van der Waals surface area contributed by atoms with E-state index in [1.54, 1.807) is 11.4 Å². The van der Waals surface area contributed by atoms with Crippen LogP contribution in [0.25, 0.3) is 0 Å². The Labute approximate surface area is 229 Å². The van der Waals surface area contributed by atoms with Crippen molar-refractivity contribution >= 4 is 17.2 Å². The quantitative estimate of drug-likeness (QED) is 0.222. The molecule has 1 aromatic heterocycles. The fourth-order valence-electron chi connectivity index (χ4n) is 4.13. The second kappa shape index (κ2) is 12.0. The van der Waals surface area contributed by atoms with E-state index in [1.807, 2.05) is 59.5 Å². The second-order valence-corrected chi connectivity index (χ2v) is 10.6. The van der Waals surface area contributed by atoms with E-state index < -0.39 is 11.7 Å². The lowest BCUT2D eigenvalue weighted by Crippen LogP contribution is -2.26. The van der Waals surface area contributed by atoms with Gasteiger partial charge in [0.2, 0.25) is 0 Å². The lowest BCUT2D eigenvalue weighted by atomic mass is 10.1. The van der Waals surface area contributed by atoms with Crippen molar-refractivity contribution in [2.75, 3.05) is 0 Å². The summed E-state index contributed by atoms with van der Waals surface area (Å²) in [6.45, 7) is 1.63. The number of nitrogens with zero attached hydrogens (tertiary/aromatic N) is 2. The molecule has 5 nitrogen and oxygen atoms in total. The van der Waals surface area contributed by atoms with Crippen LogP contribution in [0.5, 0.6) is 5.75 Å². The highest BCUT2D eigenvalue weighted by Gasteiger charge is 2.30. The molecule has 39 heavy (non-hydrogen) atoms. The summed E-state index contributed by atoms with van der Waals surface area (Å²) in [5.41, 5.74) is 2.31. The van der Waals surface area contributed by atoms with Crippen molar-refractivity contribution < 1.29 is 22.7 Å². The number of ether oxygens (including phenoxy) is 1. The predicted molar refractivity (Wildman–Crippen MR) is 144 cm³/mol. The molecule has 0 saturated heterocycles. The molecule has 0 atom stereocenters. The second-order valence-electron chi connectivity index (χ2n) is 9.64. The number of nitrogens with one attached hydrogen (secondary N) is 1. The summed E-state index contributed by atoms with van der Waals surface area (Å²) in [6.07, 6.45) is -2.43. The molecule has 1 fully saturated rings. The van der Waals surface area contributed by atoms with Crippen LogP contribution in [-0.2, 0) is 32.4 Å². The van der Waals surface area contributed by atoms with Gasteiger partial charge in [-0.3, -0.25) is 9.69 Å². The zero-order valence-corrected chi connectivity index (χ0v) is 22.0. The van der Waals surface area contributed by atoms with Crippen LogP contribution in [0.3, 0.4) is 0 Å². The van der Waals surface area contributed by atoms with Crippen LogP contribution in [0.1, 0.15) is 50.6 Å². The Bertz CT molecular complexity index is 1390. The van der Waals surface area contributed by atoms with E-state index in [2.05, 4.69) is 10.3 Å². The fourth-order valence-corrected chi connectivity index (χ4v) is 4.94. The predicted octanol–water partition coefficient (Wildman–Crippen LogP) is 6.84. The molecule has 0 bridgehead atoms. The molecular weight excluding hydrogens is 523 g/mol. The number of benzene rings is 3. The number of carbonyl (C=O) groups excluding carboxylic acids is 1. The largest absolute Gasteiger partial charge is 0.489 e. The minimum absolute atomic E-state index is 0.185. The Morgan fingerprint density at radius 3 is 2.36 bits per heavy atom. The van der Waals surface area contributed by atoms with Crippen LogP contribution in [-0.4, -0.2) is 21.8 Å². The van der Waals surface area contributed by atoms with Gasteiger partial charge in [-0.1, -0.05) is 60.7 Å². The molecule has 1 saturated carbocycles. The third kappa shape index (κ3) is 7.91. The first-order valence-corrected chi connectivity index (χ1v) is 13.6. The number of hydrogen-bond donors (Lipinski definition) is 1. The zero-order chi connectivity index (χ0) is 27.2. The Balaban J connectivity index is 1.29. The first kappa shape index (κ1) is 26.9. The summed E-state index contributed by atoms with van der Waals surface area (Å²) >= 11 is 1.38. The smallest absolute Gasteiger partial charge is 0.416 e. The number of hydrogen-bond acceptors (Lipinski definition) is 5. The van der Waals surface area contributed by atoms with E-state index in [-0.39, 0.29) is 11.9 Å². The molecule has 0 aliphatic heterocycles. The molecular formula is C30H28F3N3O2S. The van der Waals surface area contributed by atoms with Crippen molar-refractivity contribution in [1.82, 2.24) is 15.2 Å². The number of alkyl halides is 3. The number of aromatic nitrogens is 1. The van der Waals surface area contributed by atoms with Gasteiger partial charge >= 0.3 is 6.18 Å². The van der Waals surface area contributed by atoms with Gasteiger partial charge in [0, 0.05) is 24.5 Å². The Hall–Kier alpha value is -3.69. The van der Waals surface area contributed by atoms with Gasteiger partial charge in [0.1, 0.15) is 23.1 Å². The maximum absolute atomic E-state index is 13.3. The van der Waals surface area contributed by atoms with Gasteiger partial charge in [0.25, 0.3) is 5.91 Å². The molecule has 4 aromatic rings. The van der Waals surface area contributed by atoms with E-state index in [0.717, 1.165) is 40.8 Å². The van der Waals surface area contributed by atoms with E-state index >= 15 is 0 Å². The topological polar surface area (TPSA) is 54.5 Å². The third-order valence-electron chi connectivity index (χ3n) is 6.29. The van der Waals surface area contributed by atoms with Gasteiger partial charge in [-0.15, -0.1) is 11.3 Å². The van der Waals surface area contributed by atoms with Gasteiger partial charge in [-0.25, -0.2) is 4.98 Å². The van der Waals surface area contributed by atoms with Gasteiger partial charge in [0.05, 0.1) is 12.1 Å². The molecule has 202 valence electrons. The van der Waals surface area contributed by atoms with Crippen molar-refractivity contribution in [3.63, 3.8) is 0 Å². The minimum Gasteiger partial charge on any atom is -0.489 e. The summed E-state index contributed by atoms with van der Waals surface area (Å²) in [5.74, 6) is 0.550. The summed E-state index contributed by atoms with van der Waals surface area (Å²) < 4.78 is 45.8. The first-order valence-electron chi connectivity index (χ1n) is 12.7. The number of halogens is 3. The number of carbonyl (C=O) groups is 1. The Morgan fingerprint density at radius 2 is 1.64 bits per heavy atom. The third-order valence-corrected chi connectivity index (χ3v) is 7.13. The van der Waals surface area contributed by atoms with Crippen molar-refractivity contribution in [3.05, 3.63) is 117 Å². The highest BCUT2D eigenvalue weighted by Crippen LogP contribution is 2.30. The van der Waals surface area contributed by atoms with Crippen LogP contribution in [0.4, 0.5) is 13.2 Å². The number of rotatable bonds is 11. The SMILES string of the molecule is O=C(NC1CC1)c1csc(CN(Cc2ccc(OCc3ccccc3)cc2)Cc2cccc(C(F)(F)F)c2)n1.